The largest absolute Gasteiger partial charge is 0.451 e. The Labute approximate surface area is 131 Å². The fourth-order valence-electron chi connectivity index (χ4n) is 2.23. The maximum Gasteiger partial charge on any atom is 0.287 e. The lowest BCUT2D eigenvalue weighted by Crippen LogP contribution is -2.26. The quantitative estimate of drug-likeness (QED) is 0.749. The Morgan fingerprint density at radius 2 is 1.90 bits per heavy atom. The van der Waals surface area contributed by atoms with E-state index in [-0.39, 0.29) is 11.9 Å². The van der Waals surface area contributed by atoms with Crippen molar-refractivity contribution >= 4 is 32.8 Å². The Morgan fingerprint density at radius 1 is 1.14 bits per heavy atom. The maximum atomic E-state index is 12.3. The molecule has 0 radical (unpaired) electrons. The normalized spacial score (nSPS) is 12.3. The summed E-state index contributed by atoms with van der Waals surface area (Å²) in [6, 6.07) is 17.2. The monoisotopic (exact) mass is 343 g/mol. The van der Waals surface area contributed by atoms with Crippen molar-refractivity contribution < 1.29 is 9.21 Å². The lowest BCUT2D eigenvalue weighted by Gasteiger charge is -2.12. The van der Waals surface area contributed by atoms with Gasteiger partial charge in [-0.1, -0.05) is 52.3 Å². The molecule has 0 aliphatic rings. The van der Waals surface area contributed by atoms with Crippen molar-refractivity contribution in [2.45, 2.75) is 13.0 Å². The van der Waals surface area contributed by atoms with E-state index < -0.39 is 0 Å². The van der Waals surface area contributed by atoms with Gasteiger partial charge in [-0.15, -0.1) is 0 Å². The summed E-state index contributed by atoms with van der Waals surface area (Å²) in [5.74, 6) is 0.106. The minimum absolute atomic E-state index is 0.0737. The van der Waals surface area contributed by atoms with Gasteiger partial charge >= 0.3 is 0 Å². The molecule has 0 bridgehead atoms. The van der Waals surface area contributed by atoms with Crippen LogP contribution in [0.15, 0.2) is 63.5 Å². The van der Waals surface area contributed by atoms with Crippen LogP contribution in [0, 0.1) is 0 Å². The van der Waals surface area contributed by atoms with Crippen LogP contribution in [-0.4, -0.2) is 5.91 Å². The van der Waals surface area contributed by atoms with Crippen molar-refractivity contribution in [1.29, 1.82) is 0 Å². The number of fused-ring (bicyclic) bond motifs is 1. The fourth-order valence-corrected chi connectivity index (χ4v) is 2.69. The van der Waals surface area contributed by atoms with Gasteiger partial charge in [0.25, 0.3) is 5.91 Å². The Bertz CT molecular complexity index is 780. The molecule has 0 aliphatic heterocycles. The Hall–Kier alpha value is -2.07. The number of furan rings is 1. The number of carbonyl (C=O) groups excluding carboxylic acids is 1. The molecule has 21 heavy (non-hydrogen) atoms. The Morgan fingerprint density at radius 3 is 2.62 bits per heavy atom. The molecule has 0 aliphatic carbocycles. The molecule has 106 valence electrons. The highest BCUT2D eigenvalue weighted by Gasteiger charge is 2.16. The fraction of sp³-hybridized carbons (Fsp3) is 0.118. The molecule has 0 spiro atoms. The molecule has 3 aromatic rings. The second-order valence-corrected chi connectivity index (χ2v) is 5.72. The number of halogens is 1. The highest BCUT2D eigenvalue weighted by Crippen LogP contribution is 2.27. The van der Waals surface area contributed by atoms with E-state index in [1.54, 1.807) is 6.07 Å². The van der Waals surface area contributed by atoms with E-state index in [1.165, 1.54) is 0 Å². The summed E-state index contributed by atoms with van der Waals surface area (Å²) >= 11 is 3.46. The second-order valence-electron chi connectivity index (χ2n) is 4.87. The zero-order valence-corrected chi connectivity index (χ0v) is 13.1. The molecule has 1 aromatic heterocycles. The number of benzene rings is 2. The molecule has 3 nitrogen and oxygen atoms in total. The number of hydrogen-bond donors (Lipinski definition) is 1. The molecule has 0 fully saturated rings. The highest BCUT2D eigenvalue weighted by molar-refractivity contribution is 9.10. The van der Waals surface area contributed by atoms with Gasteiger partial charge in [0, 0.05) is 9.86 Å². The summed E-state index contributed by atoms with van der Waals surface area (Å²) in [7, 11) is 0. The van der Waals surface area contributed by atoms with Gasteiger partial charge in [0.1, 0.15) is 5.58 Å². The van der Waals surface area contributed by atoms with Crippen LogP contribution in [0.4, 0.5) is 0 Å². The molecule has 1 unspecified atom stereocenters. The molecule has 1 atom stereocenters. The van der Waals surface area contributed by atoms with Gasteiger partial charge in [0.15, 0.2) is 5.76 Å². The van der Waals surface area contributed by atoms with E-state index in [0.29, 0.717) is 11.3 Å². The number of amides is 1. The van der Waals surface area contributed by atoms with E-state index in [4.69, 9.17) is 4.42 Å². The van der Waals surface area contributed by atoms with Crippen LogP contribution < -0.4 is 5.32 Å². The summed E-state index contributed by atoms with van der Waals surface area (Å²) in [6.45, 7) is 1.95. The van der Waals surface area contributed by atoms with Gasteiger partial charge in [0.05, 0.1) is 6.04 Å². The lowest BCUT2D eigenvalue weighted by molar-refractivity contribution is 0.0914. The summed E-state index contributed by atoms with van der Waals surface area (Å²) in [4.78, 5) is 12.3. The first-order chi connectivity index (χ1) is 10.1. The average molecular weight is 344 g/mol. The van der Waals surface area contributed by atoms with Crippen LogP contribution in [0.3, 0.4) is 0 Å². The Balaban J connectivity index is 1.82. The van der Waals surface area contributed by atoms with Gasteiger partial charge < -0.3 is 9.73 Å². The lowest BCUT2D eigenvalue weighted by atomic mass is 10.1. The number of hydrogen-bond acceptors (Lipinski definition) is 2. The summed E-state index contributed by atoms with van der Waals surface area (Å²) in [5, 5.41) is 3.84. The van der Waals surface area contributed by atoms with E-state index >= 15 is 0 Å². The van der Waals surface area contributed by atoms with Crippen LogP contribution in [0.5, 0.6) is 0 Å². The van der Waals surface area contributed by atoms with Crippen LogP contribution in [-0.2, 0) is 0 Å². The second kappa shape index (κ2) is 5.74. The van der Waals surface area contributed by atoms with Crippen LogP contribution in [0.1, 0.15) is 29.1 Å². The van der Waals surface area contributed by atoms with Crippen molar-refractivity contribution in [2.75, 3.05) is 0 Å². The zero-order chi connectivity index (χ0) is 14.8. The van der Waals surface area contributed by atoms with Crippen LogP contribution in [0.2, 0.25) is 0 Å². The van der Waals surface area contributed by atoms with E-state index in [9.17, 15) is 4.79 Å². The third-order valence-electron chi connectivity index (χ3n) is 3.38. The molecule has 0 saturated heterocycles. The molecular formula is C17H14BrNO2. The summed E-state index contributed by atoms with van der Waals surface area (Å²) in [6.07, 6.45) is 0. The van der Waals surface area contributed by atoms with Crippen molar-refractivity contribution in [3.63, 3.8) is 0 Å². The molecule has 3 rings (SSSR count). The molecule has 1 amide bonds. The summed E-state index contributed by atoms with van der Waals surface area (Å²) < 4.78 is 6.52. The van der Waals surface area contributed by atoms with Crippen LogP contribution >= 0.6 is 15.9 Å². The zero-order valence-electron chi connectivity index (χ0n) is 11.5. The van der Waals surface area contributed by atoms with E-state index in [2.05, 4.69) is 21.2 Å². The number of nitrogens with one attached hydrogen (secondary N) is 1. The van der Waals surface area contributed by atoms with Gasteiger partial charge in [-0.2, -0.15) is 0 Å². The van der Waals surface area contributed by atoms with Gasteiger partial charge in [-0.25, -0.2) is 0 Å². The van der Waals surface area contributed by atoms with Gasteiger partial charge in [-0.3, -0.25) is 4.79 Å². The molecule has 0 saturated carbocycles. The predicted molar refractivity (Wildman–Crippen MR) is 86.2 cm³/mol. The van der Waals surface area contributed by atoms with Crippen LogP contribution in [0.25, 0.3) is 11.0 Å². The number of carbonyl (C=O) groups is 1. The number of rotatable bonds is 3. The van der Waals surface area contributed by atoms with Crippen molar-refractivity contribution in [1.82, 2.24) is 5.32 Å². The summed E-state index contributed by atoms with van der Waals surface area (Å²) in [5.41, 5.74) is 1.75. The third-order valence-corrected chi connectivity index (χ3v) is 4.07. The minimum Gasteiger partial charge on any atom is -0.451 e. The highest BCUT2D eigenvalue weighted by atomic mass is 79.9. The first-order valence-corrected chi connectivity index (χ1v) is 7.48. The molecule has 4 heteroatoms. The first-order valence-electron chi connectivity index (χ1n) is 6.69. The van der Waals surface area contributed by atoms with Gasteiger partial charge in [-0.05, 0) is 30.7 Å². The standard InChI is InChI=1S/C17H14BrNO2/c1-11(12-6-3-2-4-7-12)19-17(20)16-10-13-14(18)8-5-9-15(13)21-16/h2-11H,1H3,(H,19,20). The minimum atomic E-state index is -0.213. The third kappa shape index (κ3) is 2.85. The molecular weight excluding hydrogens is 330 g/mol. The topological polar surface area (TPSA) is 42.2 Å². The molecule has 1 N–H and O–H groups in total. The predicted octanol–water partition coefficient (Wildman–Crippen LogP) is 4.69. The van der Waals surface area contributed by atoms with E-state index in [0.717, 1.165) is 15.4 Å². The van der Waals surface area contributed by atoms with Crippen molar-refractivity contribution in [3.05, 3.63) is 70.4 Å². The maximum absolute atomic E-state index is 12.3. The van der Waals surface area contributed by atoms with E-state index in [1.807, 2.05) is 55.5 Å². The average Bonchev–Trinajstić information content (AvgIpc) is 2.94. The smallest absolute Gasteiger partial charge is 0.287 e. The molecule has 1 heterocycles. The molecule has 2 aromatic carbocycles. The Kier molecular flexibility index (Phi) is 3.80. The van der Waals surface area contributed by atoms with Crippen molar-refractivity contribution in [2.24, 2.45) is 0 Å². The van der Waals surface area contributed by atoms with Gasteiger partial charge in [0.2, 0.25) is 0 Å². The first kappa shape index (κ1) is 13.9. The SMILES string of the molecule is CC(NC(=O)c1cc2c(Br)cccc2o1)c1ccccc1. The van der Waals surface area contributed by atoms with Crippen molar-refractivity contribution in [3.8, 4) is 0 Å².